The van der Waals surface area contributed by atoms with Crippen molar-refractivity contribution in [2.75, 3.05) is 12.3 Å². The first-order valence-corrected chi connectivity index (χ1v) is 9.38. The first kappa shape index (κ1) is 21.6. The van der Waals surface area contributed by atoms with Gasteiger partial charge in [-0.25, -0.2) is 13.4 Å². The topological polar surface area (TPSA) is 122 Å². The molecule has 152 valence electrons. The Balaban J connectivity index is 2.30. The van der Waals surface area contributed by atoms with Crippen molar-refractivity contribution >= 4 is 21.4 Å². The van der Waals surface area contributed by atoms with Crippen LogP contribution in [0.1, 0.15) is 29.9 Å². The number of aromatic nitrogens is 1. The lowest BCUT2D eigenvalue weighted by atomic mass is 10.1. The van der Waals surface area contributed by atoms with E-state index in [-0.39, 0.29) is 27.7 Å². The Hall–Kier alpha value is -2.66. The summed E-state index contributed by atoms with van der Waals surface area (Å²) in [6.45, 7) is 2.87. The molecule has 2 aromatic rings. The molecular weight excluding hydrogens is 399 g/mol. The largest absolute Gasteiger partial charge is 0.416 e. The minimum atomic E-state index is -4.59. The molecule has 11 heteroatoms. The van der Waals surface area contributed by atoms with E-state index < -0.39 is 33.1 Å². The number of carbonyl (C=O) groups is 1. The average Bonchev–Trinajstić information content (AvgIpc) is 2.58. The number of sulfone groups is 1. The van der Waals surface area contributed by atoms with Crippen LogP contribution in [0.4, 0.5) is 18.9 Å². The lowest BCUT2D eigenvalue weighted by Gasteiger charge is -2.17. The van der Waals surface area contributed by atoms with Crippen LogP contribution < -0.4 is 11.1 Å². The first-order valence-electron chi connectivity index (χ1n) is 7.90. The second-order valence-electron chi connectivity index (χ2n) is 6.63. The summed E-state index contributed by atoms with van der Waals surface area (Å²) in [6, 6.07) is 3.97. The van der Waals surface area contributed by atoms with Gasteiger partial charge in [-0.15, -0.1) is 0 Å². The van der Waals surface area contributed by atoms with Gasteiger partial charge in [0.25, 0.3) is 5.91 Å². The van der Waals surface area contributed by atoms with Crippen LogP contribution in [0.3, 0.4) is 0 Å². The number of aliphatic hydroxyl groups is 1. The van der Waals surface area contributed by atoms with Gasteiger partial charge in [0.2, 0.25) is 9.84 Å². The van der Waals surface area contributed by atoms with Crippen molar-refractivity contribution in [3.8, 4) is 0 Å². The number of pyridine rings is 1. The molecule has 0 aliphatic rings. The molecule has 0 fully saturated rings. The second kappa shape index (κ2) is 7.40. The van der Waals surface area contributed by atoms with Crippen LogP contribution >= 0.6 is 0 Å². The number of amides is 1. The second-order valence-corrected chi connectivity index (χ2v) is 8.58. The van der Waals surface area contributed by atoms with E-state index in [2.05, 4.69) is 10.3 Å². The summed E-state index contributed by atoms with van der Waals surface area (Å²) >= 11 is 0. The van der Waals surface area contributed by atoms with E-state index in [0.717, 1.165) is 24.4 Å². The zero-order chi connectivity index (χ0) is 21.3. The molecule has 4 N–H and O–H groups in total. The van der Waals surface area contributed by atoms with Gasteiger partial charge >= 0.3 is 6.18 Å². The van der Waals surface area contributed by atoms with Gasteiger partial charge in [-0.05, 0) is 44.2 Å². The molecule has 7 nitrogen and oxygen atoms in total. The summed E-state index contributed by atoms with van der Waals surface area (Å²) < 4.78 is 63.0. The fraction of sp³-hybridized carbons (Fsp3) is 0.294. The van der Waals surface area contributed by atoms with Crippen LogP contribution in [0.2, 0.25) is 0 Å². The van der Waals surface area contributed by atoms with Gasteiger partial charge in [-0.2, -0.15) is 13.2 Å². The standard InChI is InChI=1S/C17H18F3N3O4S/c1-16(2,25)9-23-15(24)14-13(21)7-12(8-22-14)28(26,27)11-5-3-10(4-6-11)17(18,19)20/h3-8,25H,9,21H2,1-2H3,(H,23,24). The van der Waals surface area contributed by atoms with Crippen LogP contribution in [0.5, 0.6) is 0 Å². The highest BCUT2D eigenvalue weighted by Crippen LogP contribution is 2.31. The quantitative estimate of drug-likeness (QED) is 0.684. The number of nitrogen functional groups attached to an aromatic ring is 1. The van der Waals surface area contributed by atoms with Gasteiger partial charge in [0.15, 0.2) is 5.69 Å². The molecule has 0 unspecified atom stereocenters. The first-order chi connectivity index (χ1) is 12.7. The molecule has 0 bridgehead atoms. The van der Waals surface area contributed by atoms with Gasteiger partial charge in [0.05, 0.1) is 26.6 Å². The summed E-state index contributed by atoms with van der Waals surface area (Å²) in [6.07, 6.45) is -3.70. The fourth-order valence-electron chi connectivity index (χ4n) is 2.14. The maximum absolute atomic E-state index is 12.6. The Bertz CT molecular complexity index is 982. The predicted molar refractivity (Wildman–Crippen MR) is 94.2 cm³/mol. The van der Waals surface area contributed by atoms with Gasteiger partial charge in [0.1, 0.15) is 0 Å². The van der Waals surface area contributed by atoms with E-state index >= 15 is 0 Å². The third-order valence-electron chi connectivity index (χ3n) is 3.59. The molecule has 0 saturated heterocycles. The number of anilines is 1. The predicted octanol–water partition coefficient (Wildman–Crippen LogP) is 2.02. The number of halogens is 3. The monoisotopic (exact) mass is 417 g/mol. The van der Waals surface area contributed by atoms with Crippen molar-refractivity contribution in [3.63, 3.8) is 0 Å². The molecule has 1 heterocycles. The van der Waals surface area contributed by atoms with Crippen molar-refractivity contribution in [3.05, 3.63) is 47.8 Å². The van der Waals surface area contributed by atoms with E-state index in [1.54, 1.807) is 0 Å². The van der Waals surface area contributed by atoms with Gasteiger partial charge in [0, 0.05) is 12.7 Å². The molecule has 0 atom stereocenters. The van der Waals surface area contributed by atoms with E-state index in [9.17, 15) is 31.5 Å². The van der Waals surface area contributed by atoms with Crippen LogP contribution in [-0.4, -0.2) is 36.6 Å². The fourth-order valence-corrected chi connectivity index (χ4v) is 3.38. The number of benzene rings is 1. The highest BCUT2D eigenvalue weighted by atomic mass is 32.2. The molecule has 0 spiro atoms. The number of nitrogens with two attached hydrogens (primary N) is 1. The molecule has 28 heavy (non-hydrogen) atoms. The molecule has 1 aromatic heterocycles. The van der Waals surface area contributed by atoms with Crippen molar-refractivity contribution in [1.29, 1.82) is 0 Å². The van der Waals surface area contributed by atoms with Gasteiger partial charge in [-0.3, -0.25) is 4.79 Å². The van der Waals surface area contributed by atoms with E-state index in [1.165, 1.54) is 13.8 Å². The molecule has 0 saturated carbocycles. The summed E-state index contributed by atoms with van der Waals surface area (Å²) in [5.74, 6) is -0.710. The van der Waals surface area contributed by atoms with E-state index in [0.29, 0.717) is 12.1 Å². The Morgan fingerprint density at radius 3 is 2.21 bits per heavy atom. The Morgan fingerprint density at radius 2 is 1.75 bits per heavy atom. The highest BCUT2D eigenvalue weighted by molar-refractivity contribution is 7.91. The van der Waals surface area contributed by atoms with Crippen molar-refractivity contribution < 1.29 is 31.5 Å². The summed E-state index contributed by atoms with van der Waals surface area (Å²) in [7, 11) is -4.18. The number of rotatable bonds is 5. The zero-order valence-electron chi connectivity index (χ0n) is 14.9. The summed E-state index contributed by atoms with van der Waals surface area (Å²) in [5, 5.41) is 12.0. The molecule has 2 rings (SSSR count). The Labute approximate surface area is 159 Å². The molecule has 1 amide bonds. The number of alkyl halides is 3. The van der Waals surface area contributed by atoms with Gasteiger partial charge in [-0.1, -0.05) is 0 Å². The molecule has 1 aromatic carbocycles. The number of hydrogen-bond donors (Lipinski definition) is 3. The van der Waals surface area contributed by atoms with Crippen LogP contribution in [0.15, 0.2) is 46.3 Å². The maximum atomic E-state index is 12.6. The molecule has 0 radical (unpaired) electrons. The summed E-state index contributed by atoms with van der Waals surface area (Å²) in [5.41, 5.74) is 3.09. The Morgan fingerprint density at radius 1 is 1.18 bits per heavy atom. The van der Waals surface area contributed by atoms with E-state index in [4.69, 9.17) is 5.73 Å². The smallest absolute Gasteiger partial charge is 0.397 e. The number of hydrogen-bond acceptors (Lipinski definition) is 6. The molecular formula is C17H18F3N3O4S. The SMILES string of the molecule is CC(C)(O)CNC(=O)c1ncc(S(=O)(=O)c2ccc(C(F)(F)F)cc2)cc1N. The number of nitrogens with one attached hydrogen (secondary N) is 1. The van der Waals surface area contributed by atoms with Crippen molar-refractivity contribution in [1.82, 2.24) is 10.3 Å². The minimum Gasteiger partial charge on any atom is -0.397 e. The Kier molecular flexibility index (Phi) is 5.72. The lowest BCUT2D eigenvalue weighted by Crippen LogP contribution is -2.38. The average molecular weight is 417 g/mol. The summed E-state index contributed by atoms with van der Waals surface area (Å²) in [4.78, 5) is 15.1. The normalized spacial score (nSPS) is 12.6. The number of carbonyl (C=O) groups excluding carboxylic acids is 1. The third-order valence-corrected chi connectivity index (χ3v) is 5.33. The zero-order valence-corrected chi connectivity index (χ0v) is 15.7. The van der Waals surface area contributed by atoms with Crippen LogP contribution in [-0.2, 0) is 16.0 Å². The number of nitrogens with zero attached hydrogens (tertiary/aromatic N) is 1. The van der Waals surface area contributed by atoms with Crippen molar-refractivity contribution in [2.24, 2.45) is 0 Å². The minimum absolute atomic E-state index is 0.0848. The van der Waals surface area contributed by atoms with E-state index in [1.807, 2.05) is 0 Å². The molecule has 0 aliphatic carbocycles. The molecule has 0 aliphatic heterocycles. The third kappa shape index (κ3) is 4.98. The van der Waals surface area contributed by atoms with Crippen LogP contribution in [0.25, 0.3) is 0 Å². The van der Waals surface area contributed by atoms with Gasteiger partial charge < -0.3 is 16.2 Å². The highest BCUT2D eigenvalue weighted by Gasteiger charge is 2.31. The van der Waals surface area contributed by atoms with Crippen molar-refractivity contribution in [2.45, 2.75) is 35.4 Å². The lowest BCUT2D eigenvalue weighted by molar-refractivity contribution is -0.137. The van der Waals surface area contributed by atoms with Crippen LogP contribution in [0, 0.1) is 0 Å². The maximum Gasteiger partial charge on any atom is 0.416 e.